The maximum atomic E-state index is 10.8. The molecule has 2 aliphatic rings. The first-order valence-corrected chi connectivity index (χ1v) is 17.6. The zero-order chi connectivity index (χ0) is 42.9. The van der Waals surface area contributed by atoms with Gasteiger partial charge < -0.3 is 49.3 Å². The normalized spacial score (nSPS) is 11.5. The number of hydrogen-bond acceptors (Lipinski definition) is 12. The molecule has 58 heavy (non-hydrogen) atoms. The van der Waals surface area contributed by atoms with E-state index in [1.165, 1.54) is 35.4 Å². The molecule has 5 aromatic carbocycles. The van der Waals surface area contributed by atoms with Crippen molar-refractivity contribution in [3.8, 4) is 17.2 Å². The number of phenols is 1. The van der Waals surface area contributed by atoms with Crippen molar-refractivity contribution >= 4 is 30.7 Å². The number of rotatable bonds is 10. The van der Waals surface area contributed by atoms with Crippen LogP contribution in [0.1, 0.15) is 66.4 Å². The number of epoxide rings is 1. The first-order valence-electron chi connectivity index (χ1n) is 17.6. The maximum Gasteiger partial charge on any atom is 0.346 e. The van der Waals surface area contributed by atoms with Crippen LogP contribution in [0.3, 0.4) is 0 Å². The molecule has 14 heteroatoms. The van der Waals surface area contributed by atoms with E-state index in [9.17, 15) is 19.2 Å². The molecule has 5 aromatic rings. The highest BCUT2D eigenvalue weighted by atomic mass is 16.6. The largest absolute Gasteiger partial charge is 0.508 e. The summed E-state index contributed by atoms with van der Waals surface area (Å²) < 4.78 is 19.6. The van der Waals surface area contributed by atoms with Gasteiger partial charge in [0.1, 0.15) is 37.3 Å². The third-order valence-electron chi connectivity index (χ3n) is 7.76. The molecule has 0 aromatic heterocycles. The first kappa shape index (κ1) is 47.3. The van der Waals surface area contributed by atoms with Crippen LogP contribution in [0.25, 0.3) is 0 Å². The van der Waals surface area contributed by atoms with Crippen LogP contribution < -0.4 is 9.47 Å². The second-order valence-electron chi connectivity index (χ2n) is 12.2. The summed E-state index contributed by atoms with van der Waals surface area (Å²) in [6.45, 7) is 8.96. The fourth-order valence-electron chi connectivity index (χ4n) is 4.65. The summed E-state index contributed by atoms with van der Waals surface area (Å²) in [5.74, 6) is -1.39. The molecule has 7 rings (SSSR count). The summed E-state index contributed by atoms with van der Waals surface area (Å²) >= 11 is 0. The standard InChI is InChI=1S/C19H24O4.C8H6O4.C8H4O3.C6H6O.C2H4O.CH2O/c1-19(2,15-3-7-17(8-4-15)22-13-11-20)16-5-9-18(10-6-16)23-14-12-21;9-7(10)5-1-2-6(4-3-5)8(11)12;9-7-5-3-1-2-4-6(5)8(10)11-7;7-6-4-2-1-3-5-6;1-2-3-1;1-2/h3-10,20-21H,11-14H2,1-2H3;1-4H,(H,9,10)(H,11,12);1-4H;1-5,7H;1-2H2;1H2. The lowest BCUT2D eigenvalue weighted by molar-refractivity contribution is -0.0980. The SMILES string of the molecule is C1CO1.C=O.CC(C)(c1ccc(OCCO)cc1)c1ccc(OCCO)cc1.O=C(O)c1ccc(C(=O)O)cc1.O=C1OC(=O)c2ccccc21.Oc1ccccc1. The Kier molecular flexibility index (Phi) is 20.6. The number of phenolic OH excluding ortho intramolecular Hbond substituents is 1. The highest BCUT2D eigenvalue weighted by molar-refractivity contribution is 6.14. The molecule has 0 spiro atoms. The van der Waals surface area contributed by atoms with E-state index < -0.39 is 23.9 Å². The van der Waals surface area contributed by atoms with Gasteiger partial charge in [-0.1, -0.05) is 68.4 Å². The number of ether oxygens (including phenoxy) is 4. The number of aliphatic hydroxyl groups is 2. The van der Waals surface area contributed by atoms with E-state index in [1.807, 2.05) is 61.4 Å². The minimum atomic E-state index is -1.06. The van der Waals surface area contributed by atoms with Crippen LogP contribution in [0.15, 0.2) is 127 Å². The zero-order valence-corrected chi connectivity index (χ0v) is 32.0. The molecule has 2 aliphatic heterocycles. The lowest BCUT2D eigenvalue weighted by Gasteiger charge is -2.26. The van der Waals surface area contributed by atoms with Crippen molar-refractivity contribution in [2.45, 2.75) is 19.3 Å². The van der Waals surface area contributed by atoms with Crippen molar-refractivity contribution in [2.75, 3.05) is 39.6 Å². The average molecular weight is 799 g/mol. The number of para-hydroxylation sites is 1. The Morgan fingerprint density at radius 2 is 0.948 bits per heavy atom. The molecule has 2 heterocycles. The number of carbonyl (C=O) groups is 5. The van der Waals surface area contributed by atoms with Crippen molar-refractivity contribution in [2.24, 2.45) is 0 Å². The van der Waals surface area contributed by atoms with Crippen LogP contribution in [0.2, 0.25) is 0 Å². The maximum absolute atomic E-state index is 10.8. The number of carboxylic acid groups (broad SMARTS) is 2. The van der Waals surface area contributed by atoms with E-state index in [1.54, 1.807) is 48.5 Å². The summed E-state index contributed by atoms with van der Waals surface area (Å²) in [5.41, 5.74) is 3.09. The highest BCUT2D eigenvalue weighted by Crippen LogP contribution is 2.33. The summed E-state index contributed by atoms with van der Waals surface area (Å²) in [4.78, 5) is 50.3. The van der Waals surface area contributed by atoms with Gasteiger partial charge in [-0.2, -0.15) is 0 Å². The zero-order valence-electron chi connectivity index (χ0n) is 32.0. The Bertz CT molecular complexity index is 1870. The Balaban J connectivity index is 0.000000278. The number of cyclic esters (lactones) is 2. The number of carbonyl (C=O) groups excluding carboxylic acids is 3. The van der Waals surface area contributed by atoms with E-state index in [0.717, 1.165) is 24.7 Å². The number of aromatic carboxylic acids is 2. The van der Waals surface area contributed by atoms with Crippen LogP contribution >= 0.6 is 0 Å². The van der Waals surface area contributed by atoms with E-state index in [2.05, 4.69) is 23.3 Å². The molecule has 0 unspecified atom stereocenters. The molecule has 0 amide bonds. The van der Waals surface area contributed by atoms with Gasteiger partial charge in [-0.3, -0.25) is 0 Å². The Hall–Kier alpha value is -6.87. The molecule has 14 nitrogen and oxygen atoms in total. The Morgan fingerprint density at radius 1 is 0.603 bits per heavy atom. The second-order valence-corrected chi connectivity index (χ2v) is 12.2. The van der Waals surface area contributed by atoms with E-state index in [-0.39, 0.29) is 29.8 Å². The summed E-state index contributed by atoms with van der Waals surface area (Å²) in [6.07, 6.45) is 0. The smallest absolute Gasteiger partial charge is 0.346 e. The van der Waals surface area contributed by atoms with Crippen LogP contribution in [-0.4, -0.2) is 95.8 Å². The fraction of sp³-hybridized carbons (Fsp3) is 0.205. The predicted octanol–water partition coefficient (Wildman–Crippen LogP) is 6.06. The van der Waals surface area contributed by atoms with Gasteiger partial charge in [-0.25, -0.2) is 19.2 Å². The first-order chi connectivity index (χ1) is 27.9. The van der Waals surface area contributed by atoms with Gasteiger partial charge in [-0.05, 0) is 83.9 Å². The van der Waals surface area contributed by atoms with Crippen molar-refractivity contribution in [1.29, 1.82) is 0 Å². The highest BCUT2D eigenvalue weighted by Gasteiger charge is 2.28. The van der Waals surface area contributed by atoms with Crippen molar-refractivity contribution < 1.29 is 68.5 Å². The van der Waals surface area contributed by atoms with Gasteiger partial charge in [-0.15, -0.1) is 0 Å². The molecule has 1 fully saturated rings. The number of aromatic hydroxyl groups is 1. The van der Waals surface area contributed by atoms with E-state index in [0.29, 0.717) is 30.1 Å². The quantitative estimate of drug-likeness (QED) is 0.0615. The molecule has 0 saturated carbocycles. The van der Waals surface area contributed by atoms with Gasteiger partial charge in [0, 0.05) is 5.41 Å². The number of benzene rings is 5. The minimum Gasteiger partial charge on any atom is -0.508 e. The van der Waals surface area contributed by atoms with Crippen LogP contribution in [0.5, 0.6) is 17.2 Å². The number of aliphatic hydroxyl groups excluding tert-OH is 2. The monoisotopic (exact) mass is 798 g/mol. The van der Waals surface area contributed by atoms with Crippen molar-refractivity contribution in [1.82, 2.24) is 0 Å². The average Bonchev–Trinajstić information content (AvgIpc) is 4.11. The van der Waals surface area contributed by atoms with Crippen LogP contribution in [0, 0.1) is 0 Å². The lowest BCUT2D eigenvalue weighted by Crippen LogP contribution is -2.18. The predicted molar refractivity (Wildman–Crippen MR) is 213 cm³/mol. The molecule has 5 N–H and O–H groups in total. The van der Waals surface area contributed by atoms with Gasteiger partial charge in [0.2, 0.25) is 0 Å². The fourth-order valence-corrected chi connectivity index (χ4v) is 4.65. The number of carboxylic acids is 2. The molecule has 0 atom stereocenters. The Labute approximate surface area is 335 Å². The minimum absolute atomic E-state index is 0.0119. The summed E-state index contributed by atoms with van der Waals surface area (Å²) in [5, 5.41) is 43.1. The molecule has 0 bridgehead atoms. The van der Waals surface area contributed by atoms with Crippen LogP contribution in [0.4, 0.5) is 0 Å². The van der Waals surface area contributed by atoms with E-state index >= 15 is 0 Å². The van der Waals surface area contributed by atoms with Gasteiger partial charge in [0.15, 0.2) is 0 Å². The second kappa shape index (κ2) is 25.3. The third-order valence-corrected chi connectivity index (χ3v) is 7.76. The number of hydrogen-bond donors (Lipinski definition) is 5. The number of fused-ring (bicyclic) bond motifs is 1. The van der Waals surface area contributed by atoms with Gasteiger partial charge in [0.05, 0.1) is 48.7 Å². The Morgan fingerprint density at radius 3 is 1.22 bits per heavy atom. The molecule has 306 valence electrons. The lowest BCUT2D eigenvalue weighted by atomic mass is 9.78. The van der Waals surface area contributed by atoms with Crippen LogP contribution in [-0.2, 0) is 19.7 Å². The summed E-state index contributed by atoms with van der Waals surface area (Å²) in [6, 6.07) is 36.1. The molecule has 1 saturated heterocycles. The van der Waals surface area contributed by atoms with Gasteiger partial charge in [0.25, 0.3) is 0 Å². The van der Waals surface area contributed by atoms with E-state index in [4.69, 9.17) is 39.8 Å². The molecular weight excluding hydrogens is 752 g/mol. The molecule has 0 radical (unpaired) electrons. The van der Waals surface area contributed by atoms with Gasteiger partial charge >= 0.3 is 23.9 Å². The van der Waals surface area contributed by atoms with Crippen molar-refractivity contribution in [3.63, 3.8) is 0 Å². The topological polar surface area (TPSA) is 227 Å². The van der Waals surface area contributed by atoms with Crippen molar-refractivity contribution in [3.05, 3.63) is 161 Å². The molecule has 0 aliphatic carbocycles. The molecular formula is C44H46O14. The third kappa shape index (κ3) is 16.5. The number of esters is 2. The summed E-state index contributed by atoms with van der Waals surface area (Å²) in [7, 11) is 0.